The fourth-order valence-electron chi connectivity index (χ4n) is 3.93. The zero-order valence-electron chi connectivity index (χ0n) is 23.1. The highest BCUT2D eigenvalue weighted by Crippen LogP contribution is 2.41. The maximum atomic E-state index is 10.6. The van der Waals surface area contributed by atoms with Gasteiger partial charge in [0, 0.05) is 31.1 Å². The molecule has 240 valence electrons. The van der Waals surface area contributed by atoms with Crippen LogP contribution in [-0.2, 0) is 16.0 Å². The van der Waals surface area contributed by atoms with E-state index in [1.165, 1.54) is 6.33 Å². The Kier molecular flexibility index (Phi) is 12.5. The van der Waals surface area contributed by atoms with Gasteiger partial charge in [-0.1, -0.05) is 18.5 Å². The SMILES string of the molecule is CCOc1c(CCNc2ncnc3[nH]cnc23)cc(Cl)c(C#N)c1C1CN(CC)C1.O=C(O)C(F)(F)F.O=C(O)C(F)(F)F. The minimum absolute atomic E-state index is 0.261. The average Bonchev–Trinajstić information content (AvgIpc) is 3.39. The van der Waals surface area contributed by atoms with Gasteiger partial charge in [0.2, 0.25) is 0 Å². The molecule has 0 aliphatic carbocycles. The highest BCUT2D eigenvalue weighted by Gasteiger charge is 2.39. The van der Waals surface area contributed by atoms with Crippen LogP contribution in [-0.4, -0.2) is 92.1 Å². The summed E-state index contributed by atoms with van der Waals surface area (Å²) in [5.41, 5.74) is 3.87. The minimum atomic E-state index is -5.08. The van der Waals surface area contributed by atoms with Crippen molar-refractivity contribution in [1.29, 1.82) is 5.26 Å². The lowest BCUT2D eigenvalue weighted by atomic mass is 9.85. The summed E-state index contributed by atoms with van der Waals surface area (Å²) >= 11 is 6.51. The molecule has 44 heavy (non-hydrogen) atoms. The van der Waals surface area contributed by atoms with Gasteiger partial charge in [-0.2, -0.15) is 31.6 Å². The van der Waals surface area contributed by atoms with Gasteiger partial charge in [-0.3, -0.25) is 0 Å². The van der Waals surface area contributed by atoms with Crippen LogP contribution in [0.4, 0.5) is 32.2 Å². The number of benzene rings is 1. The van der Waals surface area contributed by atoms with Crippen molar-refractivity contribution in [1.82, 2.24) is 24.8 Å². The Morgan fingerprint density at radius 1 is 1.14 bits per heavy atom. The number of hydrogen-bond acceptors (Lipinski definition) is 9. The van der Waals surface area contributed by atoms with Gasteiger partial charge in [-0.25, -0.2) is 24.5 Å². The predicted molar refractivity (Wildman–Crippen MR) is 143 cm³/mol. The molecule has 0 bridgehead atoms. The highest BCUT2D eigenvalue weighted by atomic mass is 35.5. The van der Waals surface area contributed by atoms with Gasteiger partial charge >= 0.3 is 24.3 Å². The number of anilines is 1. The van der Waals surface area contributed by atoms with Gasteiger partial charge in [0.05, 0.1) is 23.5 Å². The number of nitrogens with one attached hydrogen (secondary N) is 2. The Morgan fingerprint density at radius 3 is 2.23 bits per heavy atom. The molecule has 3 aromatic rings. The summed E-state index contributed by atoms with van der Waals surface area (Å²) in [5.74, 6) is -3.78. The van der Waals surface area contributed by atoms with Gasteiger partial charge in [0.1, 0.15) is 23.7 Å². The number of aromatic nitrogens is 4. The first-order valence-corrected chi connectivity index (χ1v) is 13.0. The van der Waals surface area contributed by atoms with Crippen molar-refractivity contribution in [3.8, 4) is 11.8 Å². The van der Waals surface area contributed by atoms with E-state index < -0.39 is 24.3 Å². The molecule has 0 atom stereocenters. The van der Waals surface area contributed by atoms with Crippen molar-refractivity contribution in [2.75, 3.05) is 38.1 Å². The van der Waals surface area contributed by atoms with Crippen molar-refractivity contribution in [2.45, 2.75) is 38.5 Å². The first-order valence-electron chi connectivity index (χ1n) is 12.6. The number of fused-ring (bicyclic) bond motifs is 1. The van der Waals surface area contributed by atoms with Crippen LogP contribution in [0.15, 0.2) is 18.7 Å². The predicted octanol–water partition coefficient (Wildman–Crippen LogP) is 4.62. The number of hydrogen-bond donors (Lipinski definition) is 4. The third kappa shape index (κ3) is 9.57. The number of ether oxygens (including phenoxy) is 1. The standard InChI is InChI=1S/C21H24ClN7O.2C2HF3O2/c1-3-29-9-14(10-29)17-15(8-23)16(22)7-13(19(17)30-4-2)5-6-24-20-18-21(26-11-25-18)28-12-27-20;2*3-2(4,5)1(6)7/h7,11-12,14H,3-6,9-10H2,1-2H3,(H2,24,25,26,27,28);2*(H,6,7). The molecule has 1 fully saturated rings. The second-order valence-corrected chi connectivity index (χ2v) is 9.24. The van der Waals surface area contributed by atoms with Crippen LogP contribution in [0.25, 0.3) is 11.2 Å². The molecule has 4 rings (SSSR count). The quantitative estimate of drug-likeness (QED) is 0.250. The number of rotatable bonds is 8. The number of H-pyrrole nitrogens is 1. The second-order valence-electron chi connectivity index (χ2n) is 8.83. The van der Waals surface area contributed by atoms with Crippen LogP contribution >= 0.6 is 11.6 Å². The molecule has 1 aliphatic rings. The van der Waals surface area contributed by atoms with Crippen LogP contribution in [0.1, 0.15) is 36.5 Å². The lowest BCUT2D eigenvalue weighted by molar-refractivity contribution is -0.193. The van der Waals surface area contributed by atoms with Crippen molar-refractivity contribution >= 4 is 40.5 Å². The molecule has 0 spiro atoms. The Labute approximate surface area is 250 Å². The van der Waals surface area contributed by atoms with Gasteiger partial charge in [-0.05, 0) is 31.5 Å². The van der Waals surface area contributed by atoms with E-state index in [2.05, 4.69) is 43.1 Å². The minimum Gasteiger partial charge on any atom is -0.493 e. The molecular formula is C25H26ClF6N7O5. The number of carboxylic acids is 2. The number of aromatic amines is 1. The topological polar surface area (TPSA) is 177 Å². The molecule has 0 radical (unpaired) electrons. The Hall–Kier alpha value is -4.37. The van der Waals surface area contributed by atoms with E-state index in [4.69, 9.17) is 36.1 Å². The molecule has 19 heteroatoms. The van der Waals surface area contributed by atoms with Gasteiger partial charge in [0.25, 0.3) is 0 Å². The lowest BCUT2D eigenvalue weighted by Crippen LogP contribution is -2.45. The first kappa shape index (κ1) is 35.8. The molecule has 4 N–H and O–H groups in total. The summed E-state index contributed by atoms with van der Waals surface area (Å²) in [6, 6.07) is 4.15. The summed E-state index contributed by atoms with van der Waals surface area (Å²) in [6.07, 6.45) is -6.39. The third-order valence-electron chi connectivity index (χ3n) is 5.95. The highest BCUT2D eigenvalue weighted by molar-refractivity contribution is 6.32. The number of carboxylic acid groups (broad SMARTS) is 2. The number of alkyl halides is 6. The van der Waals surface area contributed by atoms with Gasteiger partial charge in [0.15, 0.2) is 11.5 Å². The van der Waals surface area contributed by atoms with E-state index in [0.717, 1.165) is 36.5 Å². The number of halogens is 7. The molecule has 2 aromatic heterocycles. The van der Waals surface area contributed by atoms with Crippen LogP contribution in [0.2, 0.25) is 5.02 Å². The van der Waals surface area contributed by atoms with Gasteiger partial charge < -0.3 is 30.2 Å². The van der Waals surface area contributed by atoms with Crippen LogP contribution < -0.4 is 10.1 Å². The smallest absolute Gasteiger partial charge is 0.490 e. The van der Waals surface area contributed by atoms with Crippen molar-refractivity contribution in [2.24, 2.45) is 0 Å². The maximum absolute atomic E-state index is 10.6. The molecular weight excluding hydrogens is 628 g/mol. The number of carbonyl (C=O) groups is 2. The molecule has 1 saturated heterocycles. The summed E-state index contributed by atoms with van der Waals surface area (Å²) in [5, 5.41) is 27.8. The van der Waals surface area contributed by atoms with Crippen molar-refractivity contribution < 1.29 is 50.9 Å². The van der Waals surface area contributed by atoms with E-state index in [1.54, 1.807) is 6.33 Å². The van der Waals surface area contributed by atoms with Gasteiger partial charge in [-0.15, -0.1) is 0 Å². The fourth-order valence-corrected chi connectivity index (χ4v) is 4.21. The van der Waals surface area contributed by atoms with E-state index in [1.807, 2.05) is 13.0 Å². The van der Waals surface area contributed by atoms with Crippen LogP contribution in [0, 0.1) is 11.3 Å². The first-order chi connectivity index (χ1) is 20.5. The van der Waals surface area contributed by atoms with Crippen molar-refractivity contribution in [3.63, 3.8) is 0 Å². The van der Waals surface area contributed by atoms with Crippen LogP contribution in [0.3, 0.4) is 0 Å². The van der Waals surface area contributed by atoms with E-state index >= 15 is 0 Å². The summed E-state index contributed by atoms with van der Waals surface area (Å²) < 4.78 is 69.5. The largest absolute Gasteiger partial charge is 0.493 e. The molecule has 0 saturated carbocycles. The number of imidazole rings is 1. The Morgan fingerprint density at radius 2 is 1.73 bits per heavy atom. The zero-order chi connectivity index (χ0) is 33.2. The normalized spacial score (nSPS) is 13.5. The fraction of sp³-hybridized carbons (Fsp3) is 0.440. The van der Waals surface area contributed by atoms with Crippen LogP contribution in [0.5, 0.6) is 5.75 Å². The number of nitrogens with zero attached hydrogens (tertiary/aromatic N) is 5. The molecule has 3 heterocycles. The second kappa shape index (κ2) is 15.4. The maximum Gasteiger partial charge on any atom is 0.490 e. The Balaban J connectivity index is 0.000000402. The Bertz CT molecular complexity index is 1460. The number of likely N-dealkylation sites (tertiary alicyclic amines) is 1. The summed E-state index contributed by atoms with van der Waals surface area (Å²) in [7, 11) is 0. The summed E-state index contributed by atoms with van der Waals surface area (Å²) in [4.78, 5) is 35.8. The number of aliphatic carboxylic acids is 2. The molecule has 1 aliphatic heterocycles. The molecule has 0 unspecified atom stereocenters. The van der Waals surface area contributed by atoms with Crippen molar-refractivity contribution in [3.05, 3.63) is 40.4 Å². The molecule has 1 aromatic carbocycles. The monoisotopic (exact) mass is 653 g/mol. The van der Waals surface area contributed by atoms with E-state index in [0.29, 0.717) is 47.1 Å². The molecule has 12 nitrogen and oxygen atoms in total. The van der Waals surface area contributed by atoms with E-state index in [-0.39, 0.29) is 5.92 Å². The third-order valence-corrected chi connectivity index (χ3v) is 6.25. The number of nitriles is 1. The average molecular weight is 654 g/mol. The zero-order valence-corrected chi connectivity index (χ0v) is 23.8. The summed E-state index contributed by atoms with van der Waals surface area (Å²) in [6.45, 7) is 8.09. The lowest BCUT2D eigenvalue weighted by Gasteiger charge is -2.40. The molecule has 0 amide bonds. The number of likely N-dealkylation sites (N-methyl/N-ethyl adjacent to an activating group) is 1. The van der Waals surface area contributed by atoms with E-state index in [9.17, 15) is 31.6 Å².